The van der Waals surface area contributed by atoms with Crippen molar-refractivity contribution in [1.29, 1.82) is 0 Å². The van der Waals surface area contributed by atoms with Crippen molar-refractivity contribution in [1.82, 2.24) is 4.98 Å². The number of esters is 1. The van der Waals surface area contributed by atoms with Crippen LogP contribution in [0.25, 0.3) is 0 Å². The van der Waals surface area contributed by atoms with Crippen molar-refractivity contribution < 1.29 is 37.0 Å². The summed E-state index contributed by atoms with van der Waals surface area (Å²) in [7, 11) is 1.25. The number of oxime groups is 1. The summed E-state index contributed by atoms with van der Waals surface area (Å²) in [6.45, 7) is 0. The van der Waals surface area contributed by atoms with E-state index >= 15 is 0 Å². The number of hydrogen-bond donors (Lipinski definition) is 0. The number of nitrogens with zero attached hydrogens (tertiary/aromatic N) is 2. The van der Waals surface area contributed by atoms with E-state index in [-0.39, 0.29) is 29.4 Å². The smallest absolute Gasteiger partial charge is 0.465 e. The lowest BCUT2D eigenvalue weighted by Gasteiger charge is -2.11. The van der Waals surface area contributed by atoms with Crippen LogP contribution in [0.2, 0.25) is 0 Å². The number of halogens is 3. The molecule has 3 rings (SSSR count). The molecule has 0 fully saturated rings. The molecule has 0 aliphatic carbocycles. The number of carbonyl (C=O) groups excluding carboxylic acids is 1. The molecule has 27 heavy (non-hydrogen) atoms. The summed E-state index contributed by atoms with van der Waals surface area (Å²) in [4.78, 5) is 20.6. The van der Waals surface area contributed by atoms with Crippen LogP contribution in [-0.4, -0.2) is 30.3 Å². The molecule has 1 aliphatic heterocycles. The second kappa shape index (κ2) is 7.52. The molecule has 0 saturated heterocycles. The molecule has 10 heteroatoms. The van der Waals surface area contributed by atoms with Gasteiger partial charge in [-0.1, -0.05) is 17.3 Å². The quantitative estimate of drug-likeness (QED) is 0.752. The highest BCUT2D eigenvalue weighted by Gasteiger charge is 2.31. The lowest BCUT2D eigenvalue weighted by atomic mass is 10.1. The van der Waals surface area contributed by atoms with Gasteiger partial charge >= 0.3 is 12.3 Å². The minimum Gasteiger partial charge on any atom is -0.465 e. The summed E-state index contributed by atoms with van der Waals surface area (Å²) in [5.41, 5.74) is 0.819. The highest BCUT2D eigenvalue weighted by Crippen LogP contribution is 2.30. The molecule has 1 atom stereocenters. The molecule has 1 aliphatic rings. The number of pyridine rings is 1. The third-order valence-electron chi connectivity index (χ3n) is 3.50. The summed E-state index contributed by atoms with van der Waals surface area (Å²) < 4.78 is 50.5. The molecule has 0 spiro atoms. The van der Waals surface area contributed by atoms with E-state index in [0.717, 1.165) is 0 Å². The van der Waals surface area contributed by atoms with Crippen LogP contribution in [0.1, 0.15) is 28.4 Å². The van der Waals surface area contributed by atoms with Crippen LogP contribution in [0.4, 0.5) is 13.2 Å². The first-order valence-electron chi connectivity index (χ1n) is 7.63. The van der Waals surface area contributed by atoms with Gasteiger partial charge in [-0.05, 0) is 23.8 Å². The largest absolute Gasteiger partial charge is 0.573 e. The zero-order valence-corrected chi connectivity index (χ0v) is 13.9. The SMILES string of the molecule is COC(=O)c1cncc(OC2=NO[C@H](c3ccc(OC(F)(F)F)cc3)C2)c1. The van der Waals surface area contributed by atoms with Gasteiger partial charge < -0.3 is 19.0 Å². The topological polar surface area (TPSA) is 79.2 Å². The second-order valence-electron chi connectivity index (χ2n) is 5.40. The van der Waals surface area contributed by atoms with Gasteiger partial charge in [-0.25, -0.2) is 4.79 Å². The van der Waals surface area contributed by atoms with E-state index in [0.29, 0.717) is 5.56 Å². The third-order valence-corrected chi connectivity index (χ3v) is 3.50. The lowest BCUT2D eigenvalue weighted by molar-refractivity contribution is -0.274. The van der Waals surface area contributed by atoms with Crippen molar-refractivity contribution in [2.45, 2.75) is 18.9 Å². The van der Waals surface area contributed by atoms with E-state index in [2.05, 4.69) is 19.6 Å². The van der Waals surface area contributed by atoms with Crippen molar-refractivity contribution in [3.8, 4) is 11.5 Å². The first-order valence-corrected chi connectivity index (χ1v) is 7.63. The summed E-state index contributed by atoms with van der Waals surface area (Å²) >= 11 is 0. The van der Waals surface area contributed by atoms with Crippen LogP contribution in [0, 0.1) is 0 Å². The minimum atomic E-state index is -4.75. The number of alkyl halides is 3. The highest BCUT2D eigenvalue weighted by molar-refractivity contribution is 5.89. The minimum absolute atomic E-state index is 0.214. The van der Waals surface area contributed by atoms with Crippen molar-refractivity contribution in [3.05, 3.63) is 53.9 Å². The molecular formula is C17H13F3N2O5. The average molecular weight is 382 g/mol. The van der Waals surface area contributed by atoms with Crippen LogP contribution >= 0.6 is 0 Å². The Hall–Kier alpha value is -3.30. The first-order chi connectivity index (χ1) is 12.8. The number of methoxy groups -OCH3 is 1. The van der Waals surface area contributed by atoms with E-state index in [9.17, 15) is 18.0 Å². The Morgan fingerprint density at radius 2 is 1.93 bits per heavy atom. The van der Waals surface area contributed by atoms with Crippen LogP contribution in [0.3, 0.4) is 0 Å². The summed E-state index contributed by atoms with van der Waals surface area (Å²) in [6.07, 6.45) is -2.29. The van der Waals surface area contributed by atoms with Gasteiger partial charge in [0.2, 0.25) is 5.90 Å². The molecule has 2 aromatic rings. The Morgan fingerprint density at radius 1 is 1.19 bits per heavy atom. The second-order valence-corrected chi connectivity index (χ2v) is 5.40. The standard InChI is InChI=1S/C17H13F3N2O5/c1-24-16(23)11-6-13(9-21-8-11)25-15-7-14(27-22-15)10-2-4-12(5-3-10)26-17(18,19)20/h2-6,8-9,14H,7H2,1H3/t14-/m0/s1. The van der Waals surface area contributed by atoms with Gasteiger partial charge in [0.15, 0.2) is 6.10 Å². The molecule has 0 bridgehead atoms. The molecular weight excluding hydrogens is 369 g/mol. The summed E-state index contributed by atoms with van der Waals surface area (Å²) in [5, 5.41) is 3.80. The van der Waals surface area contributed by atoms with Crippen LogP contribution in [-0.2, 0) is 9.57 Å². The first kappa shape index (κ1) is 18.5. The Bertz CT molecular complexity index is 852. The van der Waals surface area contributed by atoms with Crippen LogP contribution in [0.15, 0.2) is 47.9 Å². The van der Waals surface area contributed by atoms with Gasteiger partial charge in [0, 0.05) is 6.20 Å². The zero-order chi connectivity index (χ0) is 19.4. The highest BCUT2D eigenvalue weighted by atomic mass is 19.4. The van der Waals surface area contributed by atoms with E-state index in [4.69, 9.17) is 9.57 Å². The number of aromatic nitrogens is 1. The van der Waals surface area contributed by atoms with Crippen molar-refractivity contribution >= 4 is 11.9 Å². The molecule has 1 aromatic heterocycles. The van der Waals surface area contributed by atoms with Gasteiger partial charge in [-0.15, -0.1) is 13.2 Å². The fraction of sp³-hybridized carbons (Fsp3) is 0.235. The average Bonchev–Trinajstić information content (AvgIpc) is 3.09. The van der Waals surface area contributed by atoms with E-state index in [1.807, 2.05) is 0 Å². The monoisotopic (exact) mass is 382 g/mol. The van der Waals surface area contributed by atoms with Gasteiger partial charge in [0.1, 0.15) is 11.5 Å². The molecule has 0 N–H and O–H groups in total. The Morgan fingerprint density at radius 3 is 2.59 bits per heavy atom. The molecule has 142 valence electrons. The van der Waals surface area contributed by atoms with Gasteiger partial charge in [-0.3, -0.25) is 4.98 Å². The zero-order valence-electron chi connectivity index (χ0n) is 13.9. The van der Waals surface area contributed by atoms with Gasteiger partial charge in [0.05, 0.1) is 25.3 Å². The maximum Gasteiger partial charge on any atom is 0.573 e. The Balaban J connectivity index is 1.61. The molecule has 0 unspecified atom stereocenters. The Labute approximate surface area is 151 Å². The molecule has 7 nitrogen and oxygen atoms in total. The van der Waals surface area contributed by atoms with Crippen molar-refractivity contribution in [2.75, 3.05) is 7.11 Å². The molecule has 2 heterocycles. The summed E-state index contributed by atoms with van der Waals surface area (Å²) in [6, 6.07) is 6.72. The molecule has 0 saturated carbocycles. The van der Waals surface area contributed by atoms with E-state index < -0.39 is 18.4 Å². The number of carbonyl (C=O) groups is 1. The van der Waals surface area contributed by atoms with Crippen molar-refractivity contribution in [3.63, 3.8) is 0 Å². The maximum atomic E-state index is 12.2. The van der Waals surface area contributed by atoms with E-state index in [1.165, 1.54) is 49.8 Å². The maximum absolute atomic E-state index is 12.2. The predicted molar refractivity (Wildman–Crippen MR) is 85.2 cm³/mol. The summed E-state index contributed by atoms with van der Waals surface area (Å²) in [5.74, 6) is -0.377. The molecule has 0 amide bonds. The Kier molecular flexibility index (Phi) is 5.15. The third kappa shape index (κ3) is 4.87. The number of benzene rings is 1. The fourth-order valence-electron chi connectivity index (χ4n) is 2.32. The van der Waals surface area contributed by atoms with Crippen LogP contribution in [0.5, 0.6) is 11.5 Å². The van der Waals surface area contributed by atoms with Gasteiger partial charge in [0.25, 0.3) is 0 Å². The number of ether oxygens (including phenoxy) is 3. The molecule has 0 radical (unpaired) electrons. The van der Waals surface area contributed by atoms with Crippen molar-refractivity contribution in [2.24, 2.45) is 5.16 Å². The normalized spacial score (nSPS) is 16.3. The van der Waals surface area contributed by atoms with Crippen LogP contribution < -0.4 is 9.47 Å². The van der Waals surface area contributed by atoms with Gasteiger partial charge in [-0.2, -0.15) is 0 Å². The number of hydrogen-bond acceptors (Lipinski definition) is 7. The van der Waals surface area contributed by atoms with E-state index in [1.54, 1.807) is 0 Å². The number of rotatable bonds is 4. The predicted octanol–water partition coefficient (Wildman–Crippen LogP) is 3.62. The lowest BCUT2D eigenvalue weighted by Crippen LogP contribution is -2.17. The molecule has 1 aromatic carbocycles. The fourth-order valence-corrected chi connectivity index (χ4v) is 2.32.